The number of likely N-dealkylation sites (N-methyl/N-ethyl adjacent to an activating group) is 1. The quantitative estimate of drug-likeness (QED) is 0.808. The first-order chi connectivity index (χ1) is 13.6. The topological polar surface area (TPSA) is 52.7 Å². The van der Waals surface area contributed by atoms with Crippen LogP contribution in [0, 0.1) is 0 Å². The van der Waals surface area contributed by atoms with Gasteiger partial charge in [0.1, 0.15) is 5.70 Å². The molecular formula is C22H22ClN3O2. The van der Waals surface area contributed by atoms with E-state index in [0.29, 0.717) is 35.9 Å². The van der Waals surface area contributed by atoms with Gasteiger partial charge in [-0.25, -0.2) is 0 Å². The van der Waals surface area contributed by atoms with Crippen molar-refractivity contribution in [1.29, 1.82) is 0 Å². The second-order valence-electron chi connectivity index (χ2n) is 6.91. The zero-order valence-electron chi connectivity index (χ0n) is 15.7. The summed E-state index contributed by atoms with van der Waals surface area (Å²) in [5.74, 6) is -0.436. The van der Waals surface area contributed by atoms with Crippen LogP contribution in [0.1, 0.15) is 24.1 Å². The normalized spacial score (nSPS) is 20.3. The molecule has 144 valence electrons. The van der Waals surface area contributed by atoms with Crippen molar-refractivity contribution in [3.05, 3.63) is 76.4 Å². The number of hydrogen-bond acceptors (Lipinski definition) is 4. The predicted octanol–water partition coefficient (Wildman–Crippen LogP) is 3.09. The van der Waals surface area contributed by atoms with E-state index in [2.05, 4.69) is 10.2 Å². The van der Waals surface area contributed by atoms with Gasteiger partial charge in [-0.1, -0.05) is 54.1 Å². The maximum Gasteiger partial charge on any atom is 0.277 e. The summed E-state index contributed by atoms with van der Waals surface area (Å²) in [4.78, 5) is 29.7. The lowest BCUT2D eigenvalue weighted by Crippen LogP contribution is -2.47. The van der Waals surface area contributed by atoms with Crippen LogP contribution in [0.15, 0.2) is 60.3 Å². The molecule has 2 aliphatic heterocycles. The highest BCUT2D eigenvalue weighted by molar-refractivity contribution is 6.35. The summed E-state index contributed by atoms with van der Waals surface area (Å²) in [6.45, 7) is 4.28. The summed E-state index contributed by atoms with van der Waals surface area (Å²) in [6.07, 6.45) is 0. The molecule has 1 unspecified atom stereocenters. The number of nitrogens with zero attached hydrogens (tertiary/aromatic N) is 2. The van der Waals surface area contributed by atoms with Crippen molar-refractivity contribution in [2.24, 2.45) is 0 Å². The maximum absolute atomic E-state index is 13.2. The molecule has 2 aliphatic rings. The fourth-order valence-corrected chi connectivity index (χ4v) is 4.06. The Bertz CT molecular complexity index is 925. The Morgan fingerprint density at radius 2 is 1.75 bits per heavy atom. The van der Waals surface area contributed by atoms with E-state index < -0.39 is 0 Å². The molecule has 0 bridgehead atoms. The van der Waals surface area contributed by atoms with E-state index >= 15 is 0 Å². The van der Waals surface area contributed by atoms with Crippen molar-refractivity contribution in [1.82, 2.24) is 15.1 Å². The number of carbonyl (C=O) groups excluding carboxylic acids is 2. The van der Waals surface area contributed by atoms with Gasteiger partial charge in [0.25, 0.3) is 11.8 Å². The van der Waals surface area contributed by atoms with E-state index in [9.17, 15) is 9.59 Å². The first-order valence-electron chi connectivity index (χ1n) is 9.50. The number of carbonyl (C=O) groups is 2. The minimum atomic E-state index is -0.220. The Morgan fingerprint density at radius 1 is 1.04 bits per heavy atom. The van der Waals surface area contributed by atoms with Crippen molar-refractivity contribution < 1.29 is 9.59 Å². The highest BCUT2D eigenvalue weighted by Gasteiger charge is 2.43. The Labute approximate surface area is 169 Å². The van der Waals surface area contributed by atoms with Gasteiger partial charge in [0.15, 0.2) is 0 Å². The molecule has 2 aromatic rings. The molecule has 1 fully saturated rings. The van der Waals surface area contributed by atoms with E-state index in [0.717, 1.165) is 17.7 Å². The zero-order chi connectivity index (χ0) is 19.7. The first-order valence-corrected chi connectivity index (χ1v) is 9.88. The Balaban J connectivity index is 1.84. The molecule has 28 heavy (non-hydrogen) atoms. The summed E-state index contributed by atoms with van der Waals surface area (Å²) < 4.78 is 0. The molecule has 0 aromatic heterocycles. The van der Waals surface area contributed by atoms with Gasteiger partial charge >= 0.3 is 0 Å². The van der Waals surface area contributed by atoms with Crippen LogP contribution in [0.2, 0.25) is 5.02 Å². The van der Waals surface area contributed by atoms with E-state index in [1.165, 1.54) is 4.90 Å². The minimum absolute atomic E-state index is 0.0479. The maximum atomic E-state index is 13.2. The van der Waals surface area contributed by atoms with Gasteiger partial charge < -0.3 is 10.2 Å². The van der Waals surface area contributed by atoms with Gasteiger partial charge in [-0.05, 0) is 30.2 Å². The first kappa shape index (κ1) is 18.7. The van der Waals surface area contributed by atoms with Crippen LogP contribution in [0.4, 0.5) is 0 Å². The molecule has 0 saturated carbocycles. The van der Waals surface area contributed by atoms with Crippen LogP contribution in [0.3, 0.4) is 0 Å². The number of nitrogens with one attached hydrogen (secondary N) is 1. The summed E-state index contributed by atoms with van der Waals surface area (Å²) in [5.41, 5.74) is 2.83. The average molecular weight is 396 g/mol. The summed E-state index contributed by atoms with van der Waals surface area (Å²) in [5, 5.41) is 4.07. The molecule has 2 aromatic carbocycles. The summed E-state index contributed by atoms with van der Waals surface area (Å²) in [7, 11) is 0. The van der Waals surface area contributed by atoms with Crippen molar-refractivity contribution >= 4 is 29.0 Å². The predicted molar refractivity (Wildman–Crippen MR) is 110 cm³/mol. The Morgan fingerprint density at radius 3 is 2.43 bits per heavy atom. The smallest absolute Gasteiger partial charge is 0.277 e. The van der Waals surface area contributed by atoms with Crippen LogP contribution in [0.5, 0.6) is 0 Å². The van der Waals surface area contributed by atoms with E-state index in [1.807, 2.05) is 61.5 Å². The molecule has 0 aliphatic carbocycles. The number of amides is 2. The molecule has 4 rings (SSSR count). The summed E-state index contributed by atoms with van der Waals surface area (Å²) in [6, 6.07) is 17.1. The highest BCUT2D eigenvalue weighted by Crippen LogP contribution is 2.36. The molecule has 0 radical (unpaired) electrons. The van der Waals surface area contributed by atoms with Gasteiger partial charge in [0.2, 0.25) is 0 Å². The van der Waals surface area contributed by atoms with Gasteiger partial charge in [-0.2, -0.15) is 0 Å². The second kappa shape index (κ2) is 7.78. The van der Waals surface area contributed by atoms with Gasteiger partial charge in [-0.3, -0.25) is 14.5 Å². The molecule has 6 heteroatoms. The van der Waals surface area contributed by atoms with Crippen LogP contribution >= 0.6 is 11.6 Å². The number of halogens is 1. The lowest BCUT2D eigenvalue weighted by atomic mass is 9.99. The molecule has 5 nitrogen and oxygen atoms in total. The third-order valence-corrected chi connectivity index (χ3v) is 5.56. The van der Waals surface area contributed by atoms with E-state index in [1.54, 1.807) is 0 Å². The Hall–Kier alpha value is -2.63. The van der Waals surface area contributed by atoms with Crippen molar-refractivity contribution in [2.45, 2.75) is 13.0 Å². The zero-order valence-corrected chi connectivity index (χ0v) is 16.4. The highest BCUT2D eigenvalue weighted by atomic mass is 35.5. The number of rotatable bonds is 4. The van der Waals surface area contributed by atoms with Crippen molar-refractivity contribution in [3.8, 4) is 0 Å². The van der Waals surface area contributed by atoms with Gasteiger partial charge in [0, 0.05) is 31.2 Å². The van der Waals surface area contributed by atoms with E-state index in [4.69, 9.17) is 11.6 Å². The summed E-state index contributed by atoms with van der Waals surface area (Å²) >= 11 is 6.05. The Kier molecular flexibility index (Phi) is 5.20. The molecule has 1 N–H and O–H groups in total. The fourth-order valence-electron chi connectivity index (χ4n) is 3.94. The van der Waals surface area contributed by atoms with E-state index in [-0.39, 0.29) is 17.9 Å². The molecular weight excluding hydrogens is 374 g/mol. The third kappa shape index (κ3) is 3.21. The third-order valence-electron chi connectivity index (χ3n) is 5.31. The number of piperazine rings is 1. The second-order valence-corrected chi connectivity index (χ2v) is 7.35. The van der Waals surface area contributed by atoms with Crippen LogP contribution < -0.4 is 5.32 Å². The number of hydrogen-bond donors (Lipinski definition) is 1. The lowest BCUT2D eigenvalue weighted by Gasteiger charge is -2.38. The minimum Gasteiger partial charge on any atom is -0.357 e. The van der Waals surface area contributed by atoms with Gasteiger partial charge in [0.05, 0.1) is 11.6 Å². The SMILES string of the molecule is CCN1C(=O)C(c2ccccc2)=C(N2CCNCC2c2ccc(Cl)cc2)C1=O. The fraction of sp³-hybridized carbons (Fsp3) is 0.273. The monoisotopic (exact) mass is 395 g/mol. The van der Waals surface area contributed by atoms with Crippen LogP contribution in [-0.4, -0.2) is 47.8 Å². The lowest BCUT2D eigenvalue weighted by molar-refractivity contribution is -0.137. The average Bonchev–Trinajstić information content (AvgIpc) is 2.98. The van der Waals surface area contributed by atoms with Crippen molar-refractivity contribution in [2.75, 3.05) is 26.2 Å². The number of imide groups is 1. The molecule has 1 saturated heterocycles. The molecule has 2 amide bonds. The van der Waals surface area contributed by atoms with Gasteiger partial charge in [-0.15, -0.1) is 0 Å². The van der Waals surface area contributed by atoms with Crippen molar-refractivity contribution in [3.63, 3.8) is 0 Å². The van der Waals surface area contributed by atoms with Crippen LogP contribution in [-0.2, 0) is 9.59 Å². The molecule has 2 heterocycles. The molecule has 0 spiro atoms. The van der Waals surface area contributed by atoms with Crippen LogP contribution in [0.25, 0.3) is 5.57 Å². The molecule has 1 atom stereocenters. The largest absolute Gasteiger partial charge is 0.357 e. The number of benzene rings is 2. The standard InChI is InChI=1S/C22H22ClN3O2/c1-2-25-21(27)19(16-6-4-3-5-7-16)20(22(25)28)26-13-12-24-14-18(26)15-8-10-17(23)11-9-15/h3-11,18,24H,2,12-14H2,1H3.